The zero-order valence-electron chi connectivity index (χ0n) is 20.3. The third kappa shape index (κ3) is 6.60. The summed E-state index contributed by atoms with van der Waals surface area (Å²) < 4.78 is 7.22. The van der Waals surface area contributed by atoms with Gasteiger partial charge in [0, 0.05) is 17.8 Å². The molecule has 3 rings (SSSR count). The van der Waals surface area contributed by atoms with E-state index < -0.39 is 0 Å². The molecular formula is C25H36N4O3S. The van der Waals surface area contributed by atoms with Gasteiger partial charge >= 0.3 is 5.69 Å². The Bertz CT molecular complexity index is 1020. The summed E-state index contributed by atoms with van der Waals surface area (Å²) in [5, 5.41) is 3.64. The molecule has 1 heterocycles. The molecule has 1 aromatic carbocycles. The van der Waals surface area contributed by atoms with E-state index in [0.717, 1.165) is 68.6 Å². The van der Waals surface area contributed by atoms with Crippen molar-refractivity contribution in [2.45, 2.75) is 64.4 Å². The van der Waals surface area contributed by atoms with Crippen molar-refractivity contribution >= 4 is 23.4 Å². The van der Waals surface area contributed by atoms with E-state index in [2.05, 4.69) is 29.0 Å². The average Bonchev–Trinajstić information content (AvgIpc) is 2.82. The summed E-state index contributed by atoms with van der Waals surface area (Å²) >= 11 is 1.35. The van der Waals surface area contributed by atoms with Crippen LogP contribution in [0.15, 0.2) is 28.0 Å². The molecule has 1 aliphatic carbocycles. The Labute approximate surface area is 200 Å². The van der Waals surface area contributed by atoms with E-state index in [4.69, 9.17) is 4.74 Å². The molecular weight excluding hydrogens is 436 g/mol. The van der Waals surface area contributed by atoms with Crippen molar-refractivity contribution in [3.8, 4) is 5.75 Å². The lowest BCUT2D eigenvalue weighted by molar-refractivity contribution is -0.113. The first-order valence-corrected chi connectivity index (χ1v) is 12.9. The number of fused-ring (bicyclic) bond motifs is 1. The molecule has 1 aliphatic rings. The minimum atomic E-state index is -0.196. The van der Waals surface area contributed by atoms with Crippen LogP contribution in [0.2, 0.25) is 0 Å². The van der Waals surface area contributed by atoms with E-state index in [1.807, 2.05) is 29.7 Å². The van der Waals surface area contributed by atoms with Crippen molar-refractivity contribution in [2.75, 3.05) is 37.8 Å². The van der Waals surface area contributed by atoms with Crippen molar-refractivity contribution < 1.29 is 9.53 Å². The second-order valence-corrected chi connectivity index (χ2v) is 9.37. The third-order valence-electron chi connectivity index (χ3n) is 6.17. The molecule has 0 saturated heterocycles. The molecule has 0 fully saturated rings. The number of anilines is 1. The van der Waals surface area contributed by atoms with Crippen molar-refractivity contribution in [1.82, 2.24) is 14.5 Å². The minimum absolute atomic E-state index is 0.140. The van der Waals surface area contributed by atoms with Gasteiger partial charge in [-0.15, -0.1) is 0 Å². The number of carbonyl (C=O) groups is 1. The maximum absolute atomic E-state index is 12.9. The Kier molecular flexibility index (Phi) is 9.38. The normalized spacial score (nSPS) is 13.1. The third-order valence-corrected chi connectivity index (χ3v) is 7.19. The molecule has 8 heteroatoms. The molecule has 0 atom stereocenters. The molecule has 0 radical (unpaired) electrons. The number of thioether (sulfide) groups is 1. The second kappa shape index (κ2) is 12.2. The lowest BCUT2D eigenvalue weighted by Crippen LogP contribution is -2.32. The van der Waals surface area contributed by atoms with Gasteiger partial charge in [0.25, 0.3) is 0 Å². The van der Waals surface area contributed by atoms with Gasteiger partial charge in [-0.05, 0) is 76.4 Å². The highest BCUT2D eigenvalue weighted by atomic mass is 32.2. The van der Waals surface area contributed by atoms with Crippen molar-refractivity contribution in [3.05, 3.63) is 45.5 Å². The summed E-state index contributed by atoms with van der Waals surface area (Å²) in [5.41, 5.74) is 3.76. The molecule has 0 unspecified atom stereocenters. The number of aromatic nitrogens is 2. The molecule has 2 aromatic rings. The highest BCUT2D eigenvalue weighted by molar-refractivity contribution is 8.00. The van der Waals surface area contributed by atoms with E-state index >= 15 is 0 Å². The number of ether oxygens (including phenoxy) is 1. The van der Waals surface area contributed by atoms with Crippen LogP contribution in [-0.2, 0) is 24.2 Å². The molecule has 1 N–H and O–H groups in total. The van der Waals surface area contributed by atoms with Gasteiger partial charge in [0.1, 0.15) is 10.8 Å². The van der Waals surface area contributed by atoms with Crippen LogP contribution >= 0.6 is 11.8 Å². The lowest BCUT2D eigenvalue weighted by Gasteiger charge is -2.24. The maximum Gasteiger partial charge on any atom is 0.348 e. The number of aryl methyl sites for hydroxylation is 1. The van der Waals surface area contributed by atoms with E-state index in [9.17, 15) is 9.59 Å². The van der Waals surface area contributed by atoms with Gasteiger partial charge in [-0.2, -0.15) is 4.98 Å². The van der Waals surface area contributed by atoms with Crippen LogP contribution in [0, 0.1) is 6.92 Å². The van der Waals surface area contributed by atoms with Crippen LogP contribution in [0.3, 0.4) is 0 Å². The first-order valence-electron chi connectivity index (χ1n) is 11.9. The molecule has 7 nitrogen and oxygen atoms in total. The highest BCUT2D eigenvalue weighted by Crippen LogP contribution is 2.29. The number of nitrogens with one attached hydrogen (secondary N) is 1. The number of rotatable bonds is 11. The molecule has 0 aliphatic heterocycles. The standard InChI is InChI=1S/C25H36N4O3S/c1-5-28(6-2)14-9-15-29-21-11-8-7-10-19(21)24(27-25(29)31)33-17-23(30)26-20-16-18(3)12-13-22(20)32-4/h12-13,16H,5-11,14-15,17H2,1-4H3,(H,26,30). The SMILES string of the molecule is CCN(CC)CCCn1c2c(c(SCC(=O)Nc3cc(C)ccc3OC)nc1=O)CCCC2. The monoisotopic (exact) mass is 472 g/mol. The van der Waals surface area contributed by atoms with Gasteiger partial charge in [-0.1, -0.05) is 31.7 Å². The number of nitrogens with zero attached hydrogens (tertiary/aromatic N) is 3. The van der Waals surface area contributed by atoms with E-state index in [0.29, 0.717) is 23.0 Å². The Morgan fingerprint density at radius 1 is 1.24 bits per heavy atom. The van der Waals surface area contributed by atoms with Gasteiger partial charge in [-0.25, -0.2) is 4.79 Å². The fourth-order valence-corrected chi connectivity index (χ4v) is 5.21. The van der Waals surface area contributed by atoms with Crippen molar-refractivity contribution in [3.63, 3.8) is 0 Å². The smallest absolute Gasteiger partial charge is 0.348 e. The Hall–Kier alpha value is -2.32. The second-order valence-electron chi connectivity index (χ2n) is 8.40. The van der Waals surface area contributed by atoms with Gasteiger partial charge < -0.3 is 15.0 Å². The fraction of sp³-hybridized carbons (Fsp3) is 0.560. The zero-order valence-corrected chi connectivity index (χ0v) is 21.1. The fourth-order valence-electron chi connectivity index (χ4n) is 4.33. The molecule has 0 spiro atoms. The number of carbonyl (C=O) groups excluding carboxylic acids is 1. The topological polar surface area (TPSA) is 76.5 Å². The quantitative estimate of drug-likeness (QED) is 0.395. The molecule has 33 heavy (non-hydrogen) atoms. The van der Waals surface area contributed by atoms with Crippen LogP contribution < -0.4 is 15.7 Å². The summed E-state index contributed by atoms with van der Waals surface area (Å²) in [7, 11) is 1.59. The van der Waals surface area contributed by atoms with Gasteiger partial charge in [0.2, 0.25) is 5.91 Å². The summed E-state index contributed by atoms with van der Waals surface area (Å²) in [6.07, 6.45) is 4.92. The van der Waals surface area contributed by atoms with Gasteiger partial charge in [0.15, 0.2) is 0 Å². The maximum atomic E-state index is 12.9. The molecule has 180 valence electrons. The Balaban J connectivity index is 1.71. The van der Waals surface area contributed by atoms with Crippen LogP contribution in [0.25, 0.3) is 0 Å². The number of benzene rings is 1. The van der Waals surface area contributed by atoms with Gasteiger partial charge in [-0.3, -0.25) is 9.36 Å². The van der Waals surface area contributed by atoms with E-state index in [1.165, 1.54) is 11.8 Å². The average molecular weight is 473 g/mol. The van der Waals surface area contributed by atoms with E-state index in [-0.39, 0.29) is 17.3 Å². The first kappa shape index (κ1) is 25.3. The first-order chi connectivity index (χ1) is 16.0. The van der Waals surface area contributed by atoms with E-state index in [1.54, 1.807) is 7.11 Å². The largest absolute Gasteiger partial charge is 0.495 e. The minimum Gasteiger partial charge on any atom is -0.495 e. The van der Waals surface area contributed by atoms with Crippen LogP contribution in [-0.4, -0.2) is 52.9 Å². The zero-order chi connectivity index (χ0) is 23.8. The van der Waals surface area contributed by atoms with Crippen molar-refractivity contribution in [2.24, 2.45) is 0 Å². The molecule has 1 aromatic heterocycles. The molecule has 0 saturated carbocycles. The number of hydrogen-bond acceptors (Lipinski definition) is 6. The van der Waals surface area contributed by atoms with Gasteiger partial charge in [0.05, 0.1) is 18.6 Å². The predicted molar refractivity (Wildman–Crippen MR) is 135 cm³/mol. The predicted octanol–water partition coefficient (Wildman–Crippen LogP) is 3.90. The lowest BCUT2D eigenvalue weighted by atomic mass is 9.97. The molecule has 1 amide bonds. The highest BCUT2D eigenvalue weighted by Gasteiger charge is 2.21. The number of methoxy groups -OCH3 is 1. The van der Waals surface area contributed by atoms with Crippen LogP contribution in [0.5, 0.6) is 5.75 Å². The summed E-state index contributed by atoms with van der Waals surface area (Å²) in [6.45, 7) is 10.0. The van der Waals surface area contributed by atoms with Crippen molar-refractivity contribution in [1.29, 1.82) is 0 Å². The summed E-state index contributed by atoms with van der Waals surface area (Å²) in [5.74, 6) is 0.683. The Morgan fingerprint density at radius 3 is 2.73 bits per heavy atom. The van der Waals surface area contributed by atoms with Crippen LogP contribution in [0.1, 0.15) is 49.9 Å². The number of hydrogen-bond donors (Lipinski definition) is 1. The summed E-state index contributed by atoms with van der Waals surface area (Å²) in [6, 6.07) is 5.67. The van der Waals surface area contributed by atoms with Crippen LogP contribution in [0.4, 0.5) is 5.69 Å². The Morgan fingerprint density at radius 2 is 2.00 bits per heavy atom. The summed E-state index contributed by atoms with van der Waals surface area (Å²) in [4.78, 5) is 32.3. The number of amides is 1. The molecule has 0 bridgehead atoms.